The fourth-order valence-corrected chi connectivity index (χ4v) is 5.52. The fourth-order valence-electron chi connectivity index (χ4n) is 3.64. The van der Waals surface area contributed by atoms with E-state index in [9.17, 15) is 12.8 Å². The first-order valence-corrected chi connectivity index (χ1v) is 10.2. The lowest BCUT2D eigenvalue weighted by Gasteiger charge is -2.19. The van der Waals surface area contributed by atoms with Crippen molar-refractivity contribution >= 4 is 15.7 Å². The van der Waals surface area contributed by atoms with E-state index in [1.165, 1.54) is 16.4 Å². The Morgan fingerprint density at radius 3 is 2.52 bits per heavy atom. The number of fused-ring (bicyclic) bond motifs is 1. The standard InChI is InChI=1S/C20H20FN3O2S/c1-14-20(15(2)23(22-14)13-16-7-9-18(21)10-8-16)27(25,26)24-12-11-17-5-3-4-6-19(17)24/h3-10H,11-13H2,1-2H3. The average molecular weight is 385 g/mol. The summed E-state index contributed by atoms with van der Waals surface area (Å²) in [5.74, 6) is -0.303. The van der Waals surface area contributed by atoms with E-state index >= 15 is 0 Å². The van der Waals surface area contributed by atoms with Crippen LogP contribution in [0.4, 0.5) is 10.1 Å². The van der Waals surface area contributed by atoms with E-state index in [0.717, 1.165) is 16.8 Å². The highest BCUT2D eigenvalue weighted by molar-refractivity contribution is 7.93. The van der Waals surface area contributed by atoms with Gasteiger partial charge in [-0.15, -0.1) is 0 Å². The molecule has 0 saturated carbocycles. The Labute approximate surface area is 158 Å². The van der Waals surface area contributed by atoms with Gasteiger partial charge in [0.15, 0.2) is 0 Å². The van der Waals surface area contributed by atoms with E-state index in [2.05, 4.69) is 5.10 Å². The van der Waals surface area contributed by atoms with Crippen molar-refractivity contribution in [2.75, 3.05) is 10.8 Å². The third-order valence-electron chi connectivity index (χ3n) is 4.95. The number of anilines is 1. The SMILES string of the molecule is Cc1nn(Cc2ccc(F)cc2)c(C)c1S(=O)(=O)N1CCc2ccccc21. The second-order valence-electron chi connectivity index (χ2n) is 6.74. The Bertz CT molecular complexity index is 1100. The minimum atomic E-state index is -3.70. The Kier molecular flexibility index (Phi) is 4.26. The molecule has 0 aliphatic carbocycles. The molecule has 4 rings (SSSR count). The summed E-state index contributed by atoms with van der Waals surface area (Å²) in [6.45, 7) is 4.30. The van der Waals surface area contributed by atoms with Crippen LogP contribution in [-0.4, -0.2) is 24.7 Å². The molecule has 0 unspecified atom stereocenters. The summed E-state index contributed by atoms with van der Waals surface area (Å²) >= 11 is 0. The summed E-state index contributed by atoms with van der Waals surface area (Å²) in [5, 5.41) is 4.44. The van der Waals surface area contributed by atoms with Crippen LogP contribution in [0.5, 0.6) is 0 Å². The van der Waals surface area contributed by atoms with Gasteiger partial charge in [0.25, 0.3) is 10.0 Å². The second kappa shape index (κ2) is 6.49. The molecule has 0 fully saturated rings. The highest BCUT2D eigenvalue weighted by atomic mass is 32.2. The van der Waals surface area contributed by atoms with E-state index in [4.69, 9.17) is 0 Å². The Hall–Kier alpha value is -2.67. The molecule has 2 heterocycles. The zero-order chi connectivity index (χ0) is 19.2. The molecule has 0 bridgehead atoms. The van der Waals surface area contributed by atoms with Gasteiger partial charge >= 0.3 is 0 Å². The molecule has 1 aliphatic rings. The van der Waals surface area contributed by atoms with Gasteiger partial charge in [0, 0.05) is 6.54 Å². The fraction of sp³-hybridized carbons (Fsp3) is 0.250. The molecule has 1 aliphatic heterocycles. The van der Waals surface area contributed by atoms with Gasteiger partial charge in [0.2, 0.25) is 0 Å². The maximum atomic E-state index is 13.4. The molecule has 5 nitrogen and oxygen atoms in total. The maximum absolute atomic E-state index is 13.4. The number of benzene rings is 2. The topological polar surface area (TPSA) is 55.2 Å². The maximum Gasteiger partial charge on any atom is 0.268 e. The molecule has 27 heavy (non-hydrogen) atoms. The molecular formula is C20H20FN3O2S. The zero-order valence-electron chi connectivity index (χ0n) is 15.2. The number of aromatic nitrogens is 2. The molecular weight excluding hydrogens is 365 g/mol. The number of hydrogen-bond acceptors (Lipinski definition) is 3. The Morgan fingerprint density at radius 2 is 1.78 bits per heavy atom. The molecule has 140 valence electrons. The minimum absolute atomic E-state index is 0.251. The van der Waals surface area contributed by atoms with Crippen LogP contribution in [0.25, 0.3) is 0 Å². The monoisotopic (exact) mass is 385 g/mol. The highest BCUT2D eigenvalue weighted by Crippen LogP contribution is 2.34. The summed E-state index contributed by atoms with van der Waals surface area (Å²) in [6, 6.07) is 13.7. The quantitative estimate of drug-likeness (QED) is 0.691. The first kappa shape index (κ1) is 17.7. The van der Waals surface area contributed by atoms with Crippen molar-refractivity contribution in [3.05, 3.63) is 76.9 Å². The van der Waals surface area contributed by atoms with Gasteiger partial charge in [0.1, 0.15) is 10.7 Å². The van der Waals surface area contributed by atoms with Crippen LogP contribution in [0, 0.1) is 19.7 Å². The molecule has 1 aromatic heterocycles. The smallest absolute Gasteiger partial charge is 0.266 e. The largest absolute Gasteiger partial charge is 0.268 e. The molecule has 0 spiro atoms. The summed E-state index contributed by atoms with van der Waals surface area (Å²) < 4.78 is 43.0. The average Bonchev–Trinajstić information content (AvgIpc) is 3.19. The number of nitrogens with zero attached hydrogens (tertiary/aromatic N) is 3. The number of para-hydroxylation sites is 1. The summed E-state index contributed by atoms with van der Waals surface area (Å²) in [4.78, 5) is 0.251. The van der Waals surface area contributed by atoms with Crippen molar-refractivity contribution in [1.29, 1.82) is 0 Å². The van der Waals surface area contributed by atoms with Crippen LogP contribution in [-0.2, 0) is 23.0 Å². The number of aryl methyl sites for hydroxylation is 1. The third kappa shape index (κ3) is 3.02. The number of hydrogen-bond donors (Lipinski definition) is 0. The Morgan fingerprint density at radius 1 is 1.07 bits per heavy atom. The first-order chi connectivity index (χ1) is 12.9. The molecule has 0 radical (unpaired) electrons. The summed E-state index contributed by atoms with van der Waals surface area (Å²) in [6.07, 6.45) is 0.706. The van der Waals surface area contributed by atoms with Crippen LogP contribution in [0.3, 0.4) is 0 Å². The van der Waals surface area contributed by atoms with E-state index < -0.39 is 10.0 Å². The first-order valence-electron chi connectivity index (χ1n) is 8.77. The lowest BCUT2D eigenvalue weighted by Crippen LogP contribution is -2.30. The van der Waals surface area contributed by atoms with Crippen molar-refractivity contribution in [3.63, 3.8) is 0 Å². The predicted octanol–water partition coefficient (Wildman–Crippen LogP) is 3.44. The van der Waals surface area contributed by atoms with Crippen molar-refractivity contribution < 1.29 is 12.8 Å². The van der Waals surface area contributed by atoms with E-state index in [-0.39, 0.29) is 10.7 Å². The summed E-state index contributed by atoms with van der Waals surface area (Å²) in [5.41, 5.74) is 3.69. The predicted molar refractivity (Wildman–Crippen MR) is 102 cm³/mol. The molecule has 0 saturated heterocycles. The lowest BCUT2D eigenvalue weighted by atomic mass is 10.2. The van der Waals surface area contributed by atoms with Gasteiger partial charge in [-0.2, -0.15) is 5.10 Å². The van der Waals surface area contributed by atoms with Gasteiger partial charge in [0.05, 0.1) is 23.6 Å². The van der Waals surface area contributed by atoms with Gasteiger partial charge < -0.3 is 0 Å². The van der Waals surface area contributed by atoms with Crippen LogP contribution < -0.4 is 4.31 Å². The number of rotatable bonds is 4. The van der Waals surface area contributed by atoms with Crippen LogP contribution in [0.2, 0.25) is 0 Å². The minimum Gasteiger partial charge on any atom is -0.266 e. The van der Waals surface area contributed by atoms with Gasteiger partial charge in [-0.3, -0.25) is 8.99 Å². The van der Waals surface area contributed by atoms with Gasteiger partial charge in [-0.05, 0) is 49.6 Å². The van der Waals surface area contributed by atoms with Crippen molar-refractivity contribution in [3.8, 4) is 0 Å². The van der Waals surface area contributed by atoms with Crippen LogP contribution in [0.1, 0.15) is 22.5 Å². The van der Waals surface area contributed by atoms with E-state index in [0.29, 0.717) is 30.9 Å². The van der Waals surface area contributed by atoms with Crippen molar-refractivity contribution in [1.82, 2.24) is 9.78 Å². The number of sulfonamides is 1. The molecule has 3 aromatic rings. The van der Waals surface area contributed by atoms with Gasteiger partial charge in [-0.1, -0.05) is 30.3 Å². The van der Waals surface area contributed by atoms with Crippen LogP contribution >= 0.6 is 0 Å². The molecule has 2 aromatic carbocycles. The van der Waals surface area contributed by atoms with Crippen molar-refractivity contribution in [2.24, 2.45) is 0 Å². The normalized spacial score (nSPS) is 13.8. The van der Waals surface area contributed by atoms with E-state index in [1.54, 1.807) is 30.7 Å². The molecule has 0 atom stereocenters. The highest BCUT2D eigenvalue weighted by Gasteiger charge is 2.34. The Balaban J connectivity index is 1.72. The van der Waals surface area contributed by atoms with Crippen LogP contribution in [0.15, 0.2) is 53.4 Å². The molecule has 0 N–H and O–H groups in total. The molecule has 7 heteroatoms. The van der Waals surface area contributed by atoms with Crippen molar-refractivity contribution in [2.45, 2.75) is 31.7 Å². The lowest BCUT2D eigenvalue weighted by molar-refractivity contribution is 0.590. The van der Waals surface area contributed by atoms with E-state index in [1.807, 2.05) is 24.3 Å². The number of halogens is 1. The third-order valence-corrected chi connectivity index (χ3v) is 7.02. The van der Waals surface area contributed by atoms with Gasteiger partial charge in [-0.25, -0.2) is 12.8 Å². The molecule has 0 amide bonds. The zero-order valence-corrected chi connectivity index (χ0v) is 16.0. The second-order valence-corrected chi connectivity index (χ2v) is 8.54. The summed E-state index contributed by atoms with van der Waals surface area (Å²) in [7, 11) is -3.70.